The van der Waals surface area contributed by atoms with Crippen LogP contribution in [0.2, 0.25) is 0 Å². The number of aliphatic carboxylic acids is 1. The molecule has 2 rings (SSSR count). The summed E-state index contributed by atoms with van der Waals surface area (Å²) in [6.45, 7) is 3.46. The van der Waals surface area contributed by atoms with Crippen molar-refractivity contribution in [3.63, 3.8) is 0 Å². The first-order valence-corrected chi connectivity index (χ1v) is 6.50. The molecular formula is C12H14N2O3S. The van der Waals surface area contributed by atoms with Crippen LogP contribution >= 0.6 is 11.3 Å². The number of rotatable bonds is 6. The third-order valence-corrected chi connectivity index (χ3v) is 3.40. The second-order valence-corrected chi connectivity index (χ2v) is 4.62. The van der Waals surface area contributed by atoms with Crippen LogP contribution in [0.5, 0.6) is 0 Å². The molecule has 5 nitrogen and oxygen atoms in total. The van der Waals surface area contributed by atoms with Crippen molar-refractivity contribution in [3.05, 3.63) is 35.2 Å². The Hall–Kier alpha value is -1.82. The van der Waals surface area contributed by atoms with Gasteiger partial charge in [-0.25, -0.2) is 4.98 Å². The van der Waals surface area contributed by atoms with Crippen molar-refractivity contribution in [2.75, 3.05) is 11.4 Å². The molecular weight excluding hydrogens is 252 g/mol. The van der Waals surface area contributed by atoms with Crippen LogP contribution in [-0.2, 0) is 17.8 Å². The summed E-state index contributed by atoms with van der Waals surface area (Å²) in [5.41, 5.74) is 0.598. The molecule has 6 heteroatoms. The summed E-state index contributed by atoms with van der Waals surface area (Å²) in [6, 6.07) is 3.76. The molecule has 0 atom stereocenters. The predicted octanol–water partition coefficient (Wildman–Crippen LogP) is 2.39. The predicted molar refractivity (Wildman–Crippen MR) is 68.9 cm³/mol. The number of hydrogen-bond donors (Lipinski definition) is 1. The monoisotopic (exact) mass is 266 g/mol. The Morgan fingerprint density at radius 1 is 1.61 bits per heavy atom. The van der Waals surface area contributed by atoms with Crippen molar-refractivity contribution in [1.29, 1.82) is 0 Å². The van der Waals surface area contributed by atoms with Gasteiger partial charge in [0.15, 0.2) is 5.13 Å². The standard InChI is InChI=1S/C12H14N2O3S/c1-2-14(7-10-4-3-5-17-10)12-13-9(8-18-12)6-11(15)16/h3-5,8H,2,6-7H2,1H3,(H,15,16). The van der Waals surface area contributed by atoms with Crippen LogP contribution in [0.25, 0.3) is 0 Å². The Labute approximate surface area is 109 Å². The molecule has 2 heterocycles. The number of thiazole rings is 1. The molecule has 0 bridgehead atoms. The van der Waals surface area contributed by atoms with Gasteiger partial charge in [0.2, 0.25) is 0 Å². The number of anilines is 1. The molecule has 0 saturated heterocycles. The van der Waals surface area contributed by atoms with Gasteiger partial charge in [0.25, 0.3) is 0 Å². The topological polar surface area (TPSA) is 66.6 Å². The molecule has 2 aromatic heterocycles. The van der Waals surface area contributed by atoms with Crippen LogP contribution in [0, 0.1) is 0 Å². The van der Waals surface area contributed by atoms with E-state index >= 15 is 0 Å². The van der Waals surface area contributed by atoms with Crippen LogP contribution in [0.15, 0.2) is 28.2 Å². The van der Waals surface area contributed by atoms with Crippen LogP contribution < -0.4 is 4.90 Å². The van der Waals surface area contributed by atoms with E-state index in [1.165, 1.54) is 11.3 Å². The Morgan fingerprint density at radius 2 is 2.44 bits per heavy atom. The number of furan rings is 1. The van der Waals surface area contributed by atoms with Crippen LogP contribution in [-0.4, -0.2) is 22.6 Å². The normalized spacial score (nSPS) is 10.5. The lowest BCUT2D eigenvalue weighted by molar-refractivity contribution is -0.136. The Morgan fingerprint density at radius 3 is 3.06 bits per heavy atom. The molecule has 0 fully saturated rings. The highest BCUT2D eigenvalue weighted by Crippen LogP contribution is 2.22. The van der Waals surface area contributed by atoms with Gasteiger partial charge in [-0.05, 0) is 19.1 Å². The maximum absolute atomic E-state index is 10.6. The highest BCUT2D eigenvalue weighted by Gasteiger charge is 2.12. The number of nitrogens with zero attached hydrogens (tertiary/aromatic N) is 2. The number of carboxylic acid groups (broad SMARTS) is 1. The minimum Gasteiger partial charge on any atom is -0.481 e. The Bertz CT molecular complexity index is 507. The molecule has 0 radical (unpaired) electrons. The van der Waals surface area contributed by atoms with E-state index in [1.54, 1.807) is 11.6 Å². The maximum Gasteiger partial charge on any atom is 0.309 e. The molecule has 0 aliphatic carbocycles. The summed E-state index contributed by atoms with van der Waals surface area (Å²) < 4.78 is 5.30. The molecule has 0 spiro atoms. The maximum atomic E-state index is 10.6. The van der Waals surface area contributed by atoms with E-state index in [0.717, 1.165) is 17.4 Å². The van der Waals surface area contributed by atoms with Gasteiger partial charge in [-0.15, -0.1) is 11.3 Å². The molecule has 18 heavy (non-hydrogen) atoms. The first-order valence-electron chi connectivity index (χ1n) is 5.62. The number of carboxylic acids is 1. The first kappa shape index (κ1) is 12.6. The fourth-order valence-electron chi connectivity index (χ4n) is 1.58. The highest BCUT2D eigenvalue weighted by molar-refractivity contribution is 7.13. The van der Waals surface area contributed by atoms with Gasteiger partial charge < -0.3 is 14.4 Å². The summed E-state index contributed by atoms with van der Waals surface area (Å²) in [6.07, 6.45) is 1.61. The second-order valence-electron chi connectivity index (χ2n) is 3.79. The SMILES string of the molecule is CCN(Cc1ccco1)c1nc(CC(=O)O)cs1. The van der Waals surface area contributed by atoms with E-state index in [2.05, 4.69) is 9.88 Å². The van der Waals surface area contributed by atoms with Crippen LogP contribution in [0.1, 0.15) is 18.4 Å². The van der Waals surface area contributed by atoms with Gasteiger partial charge >= 0.3 is 5.97 Å². The minimum atomic E-state index is -0.860. The fourth-order valence-corrected chi connectivity index (χ4v) is 2.47. The smallest absolute Gasteiger partial charge is 0.309 e. The number of aromatic nitrogens is 1. The molecule has 2 aromatic rings. The minimum absolute atomic E-state index is 0.0329. The third-order valence-electron chi connectivity index (χ3n) is 2.45. The number of hydrogen-bond acceptors (Lipinski definition) is 5. The van der Waals surface area contributed by atoms with E-state index < -0.39 is 5.97 Å². The molecule has 0 aliphatic heterocycles. The number of carbonyl (C=O) groups is 1. The summed E-state index contributed by atoms with van der Waals surface area (Å²) >= 11 is 1.46. The average molecular weight is 266 g/mol. The summed E-state index contributed by atoms with van der Waals surface area (Å²) in [5, 5.41) is 11.3. The molecule has 96 valence electrons. The van der Waals surface area contributed by atoms with E-state index in [9.17, 15) is 4.79 Å². The Kier molecular flexibility index (Phi) is 3.99. The van der Waals surface area contributed by atoms with Crippen molar-refractivity contribution < 1.29 is 14.3 Å². The molecule has 1 N–H and O–H groups in total. The molecule has 0 amide bonds. The molecule has 0 saturated carbocycles. The van der Waals surface area contributed by atoms with E-state index in [4.69, 9.17) is 9.52 Å². The quantitative estimate of drug-likeness (QED) is 0.869. The molecule has 0 unspecified atom stereocenters. The van der Waals surface area contributed by atoms with E-state index in [0.29, 0.717) is 12.2 Å². The lowest BCUT2D eigenvalue weighted by Gasteiger charge is -2.17. The average Bonchev–Trinajstić information content (AvgIpc) is 2.96. The van der Waals surface area contributed by atoms with Gasteiger partial charge in [-0.1, -0.05) is 0 Å². The lowest BCUT2D eigenvalue weighted by Crippen LogP contribution is -2.21. The van der Waals surface area contributed by atoms with Crippen LogP contribution in [0.4, 0.5) is 5.13 Å². The van der Waals surface area contributed by atoms with Crippen molar-refractivity contribution in [2.24, 2.45) is 0 Å². The van der Waals surface area contributed by atoms with Gasteiger partial charge in [0.1, 0.15) is 5.76 Å². The van der Waals surface area contributed by atoms with Crippen molar-refractivity contribution >= 4 is 22.4 Å². The van der Waals surface area contributed by atoms with E-state index in [-0.39, 0.29) is 6.42 Å². The lowest BCUT2D eigenvalue weighted by atomic mass is 10.3. The zero-order chi connectivity index (χ0) is 13.0. The van der Waals surface area contributed by atoms with Crippen molar-refractivity contribution in [1.82, 2.24) is 4.98 Å². The third kappa shape index (κ3) is 3.10. The fraction of sp³-hybridized carbons (Fsp3) is 0.333. The van der Waals surface area contributed by atoms with Gasteiger partial charge in [-0.2, -0.15) is 0 Å². The summed E-state index contributed by atoms with van der Waals surface area (Å²) in [5.74, 6) is 0.00719. The van der Waals surface area contributed by atoms with Gasteiger partial charge in [0, 0.05) is 11.9 Å². The summed E-state index contributed by atoms with van der Waals surface area (Å²) in [7, 11) is 0. The molecule has 0 aromatic carbocycles. The van der Waals surface area contributed by atoms with Gasteiger partial charge in [0.05, 0.1) is 24.9 Å². The van der Waals surface area contributed by atoms with Crippen molar-refractivity contribution in [2.45, 2.75) is 19.9 Å². The zero-order valence-corrected chi connectivity index (χ0v) is 10.8. The summed E-state index contributed by atoms with van der Waals surface area (Å²) in [4.78, 5) is 17.0. The van der Waals surface area contributed by atoms with Crippen molar-refractivity contribution in [3.8, 4) is 0 Å². The van der Waals surface area contributed by atoms with E-state index in [1.807, 2.05) is 19.1 Å². The Balaban J connectivity index is 2.07. The highest BCUT2D eigenvalue weighted by atomic mass is 32.1. The first-order chi connectivity index (χ1) is 8.69. The largest absolute Gasteiger partial charge is 0.481 e. The zero-order valence-electron chi connectivity index (χ0n) is 10.00. The van der Waals surface area contributed by atoms with Gasteiger partial charge in [-0.3, -0.25) is 4.79 Å². The second kappa shape index (κ2) is 5.68. The van der Waals surface area contributed by atoms with Crippen LogP contribution in [0.3, 0.4) is 0 Å². The molecule has 0 aliphatic rings.